The number of fused-ring (bicyclic) bond motifs is 1. The van der Waals surface area contributed by atoms with E-state index < -0.39 is 10.0 Å². The Morgan fingerprint density at radius 3 is 1.78 bits per heavy atom. The molecule has 37 heavy (non-hydrogen) atoms. The van der Waals surface area contributed by atoms with Gasteiger partial charge in [0.05, 0.1) is 17.5 Å². The fourth-order valence-corrected chi connectivity index (χ4v) is 6.74. The van der Waals surface area contributed by atoms with Crippen molar-refractivity contribution >= 4 is 15.8 Å². The maximum Gasteiger partial charge on any atom is 0.243 e. The number of nitrogens with zero attached hydrogens (tertiary/aromatic N) is 2. The van der Waals surface area contributed by atoms with Crippen LogP contribution in [0.5, 0.6) is 0 Å². The van der Waals surface area contributed by atoms with E-state index in [1.165, 1.54) is 4.31 Å². The summed E-state index contributed by atoms with van der Waals surface area (Å²) >= 11 is 0. The number of carbonyl (C=O) groups excluding carboxylic acids is 1. The number of carbonyl (C=O) groups is 1. The van der Waals surface area contributed by atoms with Gasteiger partial charge in [-0.2, -0.15) is 4.31 Å². The quantitative estimate of drug-likeness (QED) is 0.465. The molecule has 2 aliphatic heterocycles. The summed E-state index contributed by atoms with van der Waals surface area (Å²) in [5.41, 5.74) is 6.82. The highest BCUT2D eigenvalue weighted by molar-refractivity contribution is 7.89. The van der Waals surface area contributed by atoms with Crippen LogP contribution in [0.1, 0.15) is 36.6 Å². The molecule has 0 bridgehead atoms. The van der Waals surface area contributed by atoms with E-state index in [9.17, 15) is 13.2 Å². The summed E-state index contributed by atoms with van der Waals surface area (Å²) in [7, 11) is -3.68. The van der Waals surface area contributed by atoms with Gasteiger partial charge >= 0.3 is 0 Å². The Morgan fingerprint density at radius 2 is 1.22 bits per heavy atom. The van der Waals surface area contributed by atoms with Gasteiger partial charge in [0, 0.05) is 19.6 Å². The van der Waals surface area contributed by atoms with Crippen molar-refractivity contribution in [1.82, 2.24) is 9.21 Å². The Morgan fingerprint density at radius 1 is 0.676 bits per heavy atom. The molecule has 0 spiro atoms. The molecule has 0 aromatic heterocycles. The van der Waals surface area contributed by atoms with Crippen LogP contribution in [0, 0.1) is 6.92 Å². The molecule has 0 aliphatic carbocycles. The standard InChI is InChI=1S/C31H32N2O3S/c1-22-14-16-27(17-15-22)37(35,36)33-19-28-23(2)18-32(21-30(34)24(3)29(28)20-33)31(25-10-6-4-7-11-25)26-12-8-5-9-13-26/h4-17,31H,18-21H2,1-3H3/b28-23-,29-24-. The van der Waals surface area contributed by atoms with Crippen molar-refractivity contribution in [2.45, 2.75) is 31.7 Å². The zero-order valence-electron chi connectivity index (χ0n) is 21.5. The maximum atomic E-state index is 13.6. The van der Waals surface area contributed by atoms with Gasteiger partial charge in [-0.1, -0.05) is 83.9 Å². The third-order valence-electron chi connectivity index (χ3n) is 7.46. The third-order valence-corrected chi connectivity index (χ3v) is 9.27. The molecule has 0 atom stereocenters. The predicted molar refractivity (Wildman–Crippen MR) is 147 cm³/mol. The fourth-order valence-electron chi connectivity index (χ4n) is 5.36. The van der Waals surface area contributed by atoms with Crippen molar-refractivity contribution in [3.05, 3.63) is 124 Å². The number of hydrogen-bond donors (Lipinski definition) is 0. The molecule has 5 nitrogen and oxygen atoms in total. The van der Waals surface area contributed by atoms with Crippen LogP contribution in [0.15, 0.2) is 112 Å². The lowest BCUT2D eigenvalue weighted by Gasteiger charge is -2.34. The highest BCUT2D eigenvalue weighted by Gasteiger charge is 2.37. The Labute approximate surface area is 219 Å². The predicted octanol–water partition coefficient (Wildman–Crippen LogP) is 5.31. The second kappa shape index (κ2) is 10.2. The SMILES string of the molecule is C/C1=C2\CN(S(=O)(=O)c3ccc(C)cc3)C\C2=C(/C)C(=O)CN(C(c2ccccc2)c2ccccc2)C1. The first-order valence-corrected chi connectivity index (χ1v) is 14.0. The molecule has 5 rings (SSSR count). The molecule has 1 saturated heterocycles. The van der Waals surface area contributed by atoms with Crippen molar-refractivity contribution in [2.75, 3.05) is 26.2 Å². The van der Waals surface area contributed by atoms with Crippen LogP contribution in [0.2, 0.25) is 0 Å². The minimum atomic E-state index is -3.68. The summed E-state index contributed by atoms with van der Waals surface area (Å²) in [5, 5.41) is 0. The van der Waals surface area contributed by atoms with Gasteiger partial charge in [0.2, 0.25) is 10.0 Å². The lowest BCUT2D eigenvalue weighted by molar-refractivity contribution is -0.117. The second-order valence-electron chi connectivity index (χ2n) is 10.0. The average Bonchev–Trinajstić information content (AvgIpc) is 3.36. The topological polar surface area (TPSA) is 57.7 Å². The normalized spacial score (nSPS) is 21.7. The molecule has 0 amide bonds. The molecule has 190 valence electrons. The summed E-state index contributed by atoms with van der Waals surface area (Å²) in [6.07, 6.45) is 0. The van der Waals surface area contributed by atoms with E-state index in [1.54, 1.807) is 12.1 Å². The Kier molecular flexibility index (Phi) is 6.99. The van der Waals surface area contributed by atoms with Gasteiger partial charge < -0.3 is 0 Å². The molecule has 1 fully saturated rings. The Bertz CT molecular complexity index is 1430. The summed E-state index contributed by atoms with van der Waals surface area (Å²) in [6, 6.07) is 27.3. The molecule has 0 unspecified atom stereocenters. The average molecular weight is 513 g/mol. The molecule has 6 heteroatoms. The van der Waals surface area contributed by atoms with Crippen LogP contribution in [0.4, 0.5) is 0 Å². The molecule has 3 aromatic carbocycles. The first-order chi connectivity index (χ1) is 17.8. The number of benzene rings is 3. The first-order valence-electron chi connectivity index (χ1n) is 12.6. The van der Waals surface area contributed by atoms with Gasteiger partial charge in [-0.25, -0.2) is 8.42 Å². The zero-order valence-corrected chi connectivity index (χ0v) is 22.3. The van der Waals surface area contributed by atoms with E-state index >= 15 is 0 Å². The molecular weight excluding hydrogens is 480 g/mol. The highest BCUT2D eigenvalue weighted by Crippen LogP contribution is 2.36. The second-order valence-corrected chi connectivity index (χ2v) is 11.9. The van der Waals surface area contributed by atoms with E-state index in [1.807, 2.05) is 62.4 Å². The van der Waals surface area contributed by atoms with Crippen LogP contribution < -0.4 is 0 Å². The number of aryl methyl sites for hydroxylation is 1. The number of rotatable bonds is 5. The van der Waals surface area contributed by atoms with Crippen LogP contribution >= 0.6 is 0 Å². The maximum absolute atomic E-state index is 13.6. The van der Waals surface area contributed by atoms with E-state index in [2.05, 4.69) is 36.1 Å². The van der Waals surface area contributed by atoms with E-state index in [0.717, 1.165) is 33.4 Å². The summed E-state index contributed by atoms with van der Waals surface area (Å²) in [4.78, 5) is 16.1. The minimum Gasteiger partial charge on any atom is -0.293 e. The van der Waals surface area contributed by atoms with Crippen molar-refractivity contribution in [1.29, 1.82) is 0 Å². The van der Waals surface area contributed by atoms with Gasteiger partial charge in [0.15, 0.2) is 5.78 Å². The van der Waals surface area contributed by atoms with Crippen molar-refractivity contribution < 1.29 is 13.2 Å². The summed E-state index contributed by atoms with van der Waals surface area (Å²) < 4.78 is 28.5. The monoisotopic (exact) mass is 512 g/mol. The van der Waals surface area contributed by atoms with Gasteiger partial charge in [0.25, 0.3) is 0 Å². The third kappa shape index (κ3) is 4.97. The van der Waals surface area contributed by atoms with Crippen LogP contribution in [0.3, 0.4) is 0 Å². The highest BCUT2D eigenvalue weighted by atomic mass is 32.2. The van der Waals surface area contributed by atoms with E-state index in [4.69, 9.17) is 0 Å². The molecule has 0 N–H and O–H groups in total. The van der Waals surface area contributed by atoms with Crippen molar-refractivity contribution in [2.24, 2.45) is 0 Å². The van der Waals surface area contributed by atoms with Crippen molar-refractivity contribution in [3.8, 4) is 0 Å². The van der Waals surface area contributed by atoms with Crippen LogP contribution in [0.25, 0.3) is 0 Å². The molecule has 0 saturated carbocycles. The van der Waals surface area contributed by atoms with Crippen molar-refractivity contribution in [3.63, 3.8) is 0 Å². The molecular formula is C31H32N2O3S. The largest absolute Gasteiger partial charge is 0.293 e. The molecule has 2 aliphatic rings. The Balaban J connectivity index is 1.54. The van der Waals surface area contributed by atoms with Crippen LogP contribution in [-0.4, -0.2) is 49.6 Å². The van der Waals surface area contributed by atoms with Gasteiger partial charge in [-0.3, -0.25) is 9.69 Å². The number of hydrogen-bond acceptors (Lipinski definition) is 4. The molecule has 0 radical (unpaired) electrons. The fraction of sp³-hybridized carbons (Fsp3) is 0.258. The van der Waals surface area contributed by atoms with Gasteiger partial charge in [-0.15, -0.1) is 0 Å². The lowest BCUT2D eigenvalue weighted by atomic mass is 9.91. The number of sulfonamides is 1. The minimum absolute atomic E-state index is 0.0337. The Hall–Kier alpha value is -3.32. The smallest absolute Gasteiger partial charge is 0.243 e. The van der Waals surface area contributed by atoms with Gasteiger partial charge in [0.1, 0.15) is 0 Å². The lowest BCUT2D eigenvalue weighted by Crippen LogP contribution is -2.37. The molecule has 2 heterocycles. The number of Topliss-reactive ketones (excluding diaryl/α,β-unsaturated/α-hetero) is 1. The zero-order chi connectivity index (χ0) is 26.2. The number of ketones is 1. The molecule has 3 aromatic rings. The van der Waals surface area contributed by atoms with E-state index in [-0.39, 0.29) is 36.4 Å². The first kappa shape index (κ1) is 25.3. The summed E-state index contributed by atoms with van der Waals surface area (Å²) in [5.74, 6) is 0.0337. The van der Waals surface area contributed by atoms with Crippen LogP contribution in [-0.2, 0) is 14.8 Å². The summed E-state index contributed by atoms with van der Waals surface area (Å²) in [6.45, 7) is 7.19. The van der Waals surface area contributed by atoms with Gasteiger partial charge in [-0.05, 0) is 60.8 Å². The van der Waals surface area contributed by atoms with E-state index in [0.29, 0.717) is 12.1 Å².